The summed E-state index contributed by atoms with van der Waals surface area (Å²) in [5, 5.41) is 10.4. The molecule has 5 atom stereocenters. The Labute approximate surface area is 218 Å². The maximum Gasteiger partial charge on any atom is 0.308 e. The molecule has 1 aromatic carbocycles. The molecule has 0 spiro atoms. The van der Waals surface area contributed by atoms with Crippen molar-refractivity contribution in [3.8, 4) is 5.75 Å². The molecule has 7 heteroatoms. The van der Waals surface area contributed by atoms with Gasteiger partial charge in [0.1, 0.15) is 5.75 Å². The summed E-state index contributed by atoms with van der Waals surface area (Å²) >= 11 is 0. The van der Waals surface area contributed by atoms with E-state index in [1.54, 1.807) is 17.0 Å². The van der Waals surface area contributed by atoms with Crippen molar-refractivity contribution in [2.24, 2.45) is 34.5 Å². The largest absolute Gasteiger partial charge is 0.508 e. The van der Waals surface area contributed by atoms with Gasteiger partial charge in [-0.1, -0.05) is 40.5 Å². The number of carbonyl (C=O) groups excluding carboxylic acids is 2. The topological polar surface area (TPSA) is 83.9 Å². The first-order valence-corrected chi connectivity index (χ1v) is 14.9. The number of esters is 1. The Kier molecular flexibility index (Phi) is 7.89. The quantitative estimate of drug-likeness (QED) is 0.529. The number of amides is 1. The molecule has 6 nitrogen and oxygen atoms in total. The number of phenolic OH excluding ortho intramolecular Hbond substituents is 1. The van der Waals surface area contributed by atoms with Gasteiger partial charge in [-0.3, -0.25) is 13.8 Å². The summed E-state index contributed by atoms with van der Waals surface area (Å²) in [6, 6.07) is 4.71. The minimum atomic E-state index is -1.31. The predicted molar refractivity (Wildman–Crippen MR) is 141 cm³/mol. The first kappa shape index (κ1) is 27.2. The number of aromatic hydroxyl groups is 1. The summed E-state index contributed by atoms with van der Waals surface area (Å²) in [7, 11) is 0.0723. The third kappa shape index (κ3) is 5.23. The SMILES string of the molecule is COC(=O)C1CCN(C(=O)c2cc(O)cc(S(=O)CC3C(C)CCC4C(C)(C)CCCC34C)c2)CC1. The number of methoxy groups -OCH3 is 1. The number of benzene rings is 1. The standard InChI is InChI=1S/C29H43NO5S/c1-19-7-8-25-28(2,3)11-6-12-29(25,4)24(19)18-36(34)23-16-21(15-22(31)17-23)26(32)30-13-9-20(10-14-30)27(33)35-5/h15-17,19-20,24-25,31H,6-14,18H2,1-5H3. The Balaban J connectivity index is 1.50. The minimum Gasteiger partial charge on any atom is -0.508 e. The third-order valence-corrected chi connectivity index (χ3v) is 11.2. The Morgan fingerprint density at radius 3 is 2.44 bits per heavy atom. The maximum absolute atomic E-state index is 13.7. The van der Waals surface area contributed by atoms with Crippen LogP contribution in [0.3, 0.4) is 0 Å². The average molecular weight is 518 g/mol. The van der Waals surface area contributed by atoms with Gasteiger partial charge in [-0.2, -0.15) is 0 Å². The molecule has 200 valence electrons. The third-order valence-electron chi connectivity index (χ3n) is 9.77. The lowest BCUT2D eigenvalue weighted by molar-refractivity contribution is -0.146. The highest BCUT2D eigenvalue weighted by atomic mass is 32.2. The van der Waals surface area contributed by atoms with Crippen LogP contribution in [0.25, 0.3) is 0 Å². The zero-order valence-corrected chi connectivity index (χ0v) is 23.4. The van der Waals surface area contributed by atoms with Crippen LogP contribution in [0.15, 0.2) is 23.1 Å². The van der Waals surface area contributed by atoms with Crippen LogP contribution in [0.5, 0.6) is 5.75 Å². The highest BCUT2D eigenvalue weighted by molar-refractivity contribution is 7.85. The molecule has 1 aliphatic heterocycles. The molecule has 0 bridgehead atoms. The number of fused-ring (bicyclic) bond motifs is 1. The van der Waals surface area contributed by atoms with Gasteiger partial charge >= 0.3 is 5.97 Å². The summed E-state index contributed by atoms with van der Waals surface area (Å²) < 4.78 is 18.6. The van der Waals surface area contributed by atoms with Gasteiger partial charge in [-0.05, 0) is 78.9 Å². The van der Waals surface area contributed by atoms with Crippen LogP contribution in [0.4, 0.5) is 0 Å². The summed E-state index contributed by atoms with van der Waals surface area (Å²) in [6.45, 7) is 10.5. The lowest BCUT2D eigenvalue weighted by Crippen LogP contribution is -2.52. The summed E-state index contributed by atoms with van der Waals surface area (Å²) in [4.78, 5) is 27.3. The van der Waals surface area contributed by atoms with E-state index in [1.165, 1.54) is 38.9 Å². The number of rotatable bonds is 5. The van der Waals surface area contributed by atoms with Gasteiger partial charge in [0.05, 0.1) is 23.8 Å². The van der Waals surface area contributed by atoms with Gasteiger partial charge in [-0.25, -0.2) is 0 Å². The number of hydrogen-bond acceptors (Lipinski definition) is 5. The Hall–Kier alpha value is -1.89. The molecular weight excluding hydrogens is 474 g/mol. The number of carbonyl (C=O) groups is 2. The molecular formula is C29H43NO5S. The van der Waals surface area contributed by atoms with Gasteiger partial charge in [0.15, 0.2) is 0 Å². The van der Waals surface area contributed by atoms with E-state index in [2.05, 4.69) is 27.7 Å². The lowest BCUT2D eigenvalue weighted by Gasteiger charge is -2.59. The molecule has 1 N–H and O–H groups in total. The van der Waals surface area contributed by atoms with E-state index in [-0.39, 0.29) is 29.0 Å². The van der Waals surface area contributed by atoms with E-state index in [1.807, 2.05) is 0 Å². The number of nitrogens with zero attached hydrogens (tertiary/aromatic N) is 1. The molecule has 36 heavy (non-hydrogen) atoms. The maximum atomic E-state index is 13.7. The van der Waals surface area contributed by atoms with Crippen molar-refractivity contribution in [3.05, 3.63) is 23.8 Å². The molecule has 0 radical (unpaired) electrons. The van der Waals surface area contributed by atoms with E-state index in [4.69, 9.17) is 4.74 Å². The Bertz CT molecular complexity index is 1010. The van der Waals surface area contributed by atoms with Crippen LogP contribution in [-0.4, -0.2) is 52.0 Å². The molecule has 3 fully saturated rings. The molecule has 1 amide bonds. The number of phenols is 1. The smallest absolute Gasteiger partial charge is 0.308 e. The molecule has 5 unspecified atom stereocenters. The fraction of sp³-hybridized carbons (Fsp3) is 0.724. The van der Waals surface area contributed by atoms with E-state index >= 15 is 0 Å². The molecule has 0 aromatic heterocycles. The van der Waals surface area contributed by atoms with Gasteiger partial charge in [0.25, 0.3) is 5.91 Å². The number of hydrogen-bond donors (Lipinski definition) is 1. The highest BCUT2D eigenvalue weighted by Crippen LogP contribution is 2.61. The minimum absolute atomic E-state index is 0.0340. The second-order valence-corrected chi connectivity index (χ2v) is 13.9. The summed E-state index contributed by atoms with van der Waals surface area (Å²) in [6.07, 6.45) is 7.18. The number of ether oxygens (including phenoxy) is 1. The van der Waals surface area contributed by atoms with Crippen molar-refractivity contribution in [1.82, 2.24) is 4.90 Å². The van der Waals surface area contributed by atoms with Crippen LogP contribution >= 0.6 is 0 Å². The highest BCUT2D eigenvalue weighted by Gasteiger charge is 2.54. The first-order valence-electron chi connectivity index (χ1n) is 13.6. The van der Waals surface area contributed by atoms with Crippen molar-refractivity contribution in [2.75, 3.05) is 26.0 Å². The molecule has 1 heterocycles. The van der Waals surface area contributed by atoms with Crippen molar-refractivity contribution in [1.29, 1.82) is 0 Å². The van der Waals surface area contributed by atoms with Gasteiger partial charge in [-0.15, -0.1) is 0 Å². The Morgan fingerprint density at radius 1 is 1.08 bits per heavy atom. The zero-order valence-electron chi connectivity index (χ0n) is 22.5. The zero-order chi connectivity index (χ0) is 26.3. The van der Waals surface area contributed by atoms with Crippen LogP contribution in [0.2, 0.25) is 0 Å². The van der Waals surface area contributed by atoms with Gasteiger partial charge in [0, 0.05) is 29.3 Å². The van der Waals surface area contributed by atoms with E-state index in [0.29, 0.717) is 65.3 Å². The summed E-state index contributed by atoms with van der Waals surface area (Å²) in [5.74, 6) is 1.39. The van der Waals surface area contributed by atoms with E-state index < -0.39 is 10.8 Å². The van der Waals surface area contributed by atoms with Gasteiger partial charge < -0.3 is 14.7 Å². The first-order chi connectivity index (χ1) is 17.0. The number of piperidine rings is 1. The fourth-order valence-electron chi connectivity index (χ4n) is 7.73. The van der Waals surface area contributed by atoms with Crippen LogP contribution in [0, 0.1) is 34.5 Å². The molecule has 2 aliphatic carbocycles. The van der Waals surface area contributed by atoms with Crippen molar-refractivity contribution < 1.29 is 23.6 Å². The normalized spacial score (nSPS) is 31.4. The number of likely N-dealkylation sites (tertiary alicyclic amines) is 1. The molecule has 1 saturated heterocycles. The van der Waals surface area contributed by atoms with Crippen LogP contribution in [-0.2, 0) is 20.3 Å². The molecule has 3 aliphatic rings. The second-order valence-electron chi connectivity index (χ2n) is 12.4. The lowest BCUT2D eigenvalue weighted by atomic mass is 9.47. The average Bonchev–Trinajstić information content (AvgIpc) is 2.84. The van der Waals surface area contributed by atoms with E-state index in [9.17, 15) is 18.9 Å². The van der Waals surface area contributed by atoms with Crippen molar-refractivity contribution >= 4 is 22.7 Å². The Morgan fingerprint density at radius 2 is 1.78 bits per heavy atom. The van der Waals surface area contributed by atoms with Gasteiger partial charge in [0.2, 0.25) is 0 Å². The van der Waals surface area contributed by atoms with Crippen LogP contribution < -0.4 is 0 Å². The molecule has 2 saturated carbocycles. The molecule has 4 rings (SSSR count). The van der Waals surface area contributed by atoms with Crippen molar-refractivity contribution in [3.63, 3.8) is 0 Å². The summed E-state index contributed by atoms with van der Waals surface area (Å²) in [5.41, 5.74) is 0.822. The van der Waals surface area contributed by atoms with E-state index in [0.717, 1.165) is 6.42 Å². The fourth-order valence-corrected chi connectivity index (χ4v) is 9.47. The molecule has 1 aromatic rings. The second kappa shape index (κ2) is 10.5. The van der Waals surface area contributed by atoms with Crippen LogP contribution in [0.1, 0.15) is 83.0 Å². The van der Waals surface area contributed by atoms with Crippen molar-refractivity contribution in [2.45, 2.75) is 77.5 Å². The monoisotopic (exact) mass is 517 g/mol. The predicted octanol–water partition coefficient (Wildman–Crippen LogP) is 5.40.